The summed E-state index contributed by atoms with van der Waals surface area (Å²) in [6.45, 7) is 7.23. The number of hydrogen-bond acceptors (Lipinski definition) is 4. The topological polar surface area (TPSA) is 36.3 Å². The van der Waals surface area contributed by atoms with Crippen molar-refractivity contribution < 1.29 is 0 Å². The van der Waals surface area contributed by atoms with E-state index >= 15 is 0 Å². The largest absolute Gasteiger partial charge is 0.304 e. The normalized spacial score (nSPS) is 18.8. The van der Waals surface area contributed by atoms with E-state index in [1.807, 2.05) is 18.7 Å². The van der Waals surface area contributed by atoms with Crippen LogP contribution in [0.2, 0.25) is 0 Å². The average molecular weight is 302 g/mol. The van der Waals surface area contributed by atoms with Gasteiger partial charge in [-0.1, -0.05) is 0 Å². The fourth-order valence-electron chi connectivity index (χ4n) is 2.02. The Hall–Kier alpha value is -0.430. The van der Waals surface area contributed by atoms with Crippen LogP contribution in [0.4, 0.5) is 0 Å². The molecular formula is C11H20BrN5. The lowest BCUT2D eigenvalue weighted by Crippen LogP contribution is -2.50. The zero-order valence-corrected chi connectivity index (χ0v) is 12.3. The van der Waals surface area contributed by atoms with Crippen LogP contribution in [-0.2, 0) is 13.6 Å². The maximum atomic E-state index is 4.39. The summed E-state index contributed by atoms with van der Waals surface area (Å²) in [6.07, 6.45) is 0. The maximum absolute atomic E-state index is 4.39. The zero-order chi connectivity index (χ0) is 12.4. The van der Waals surface area contributed by atoms with Crippen molar-refractivity contribution in [2.75, 3.05) is 33.2 Å². The molecule has 2 heterocycles. The van der Waals surface area contributed by atoms with E-state index in [0.29, 0.717) is 0 Å². The van der Waals surface area contributed by atoms with Gasteiger partial charge in [0.15, 0.2) is 0 Å². The van der Waals surface area contributed by atoms with E-state index in [0.717, 1.165) is 42.9 Å². The van der Waals surface area contributed by atoms with E-state index in [1.165, 1.54) is 5.69 Å². The van der Waals surface area contributed by atoms with Gasteiger partial charge in [0.25, 0.3) is 0 Å². The molecule has 1 N–H and O–H groups in total. The van der Waals surface area contributed by atoms with Crippen molar-refractivity contribution in [3.05, 3.63) is 15.9 Å². The van der Waals surface area contributed by atoms with Crippen molar-refractivity contribution in [2.24, 2.45) is 7.05 Å². The molecular weight excluding hydrogens is 282 g/mol. The molecule has 6 heteroatoms. The molecule has 0 aliphatic carbocycles. The highest BCUT2D eigenvalue weighted by Crippen LogP contribution is 2.19. The lowest BCUT2D eigenvalue weighted by atomic mass is 10.3. The van der Waals surface area contributed by atoms with E-state index < -0.39 is 0 Å². The number of nitrogens with one attached hydrogen (secondary N) is 1. The highest BCUT2D eigenvalue weighted by atomic mass is 79.9. The fourth-order valence-corrected chi connectivity index (χ4v) is 2.50. The van der Waals surface area contributed by atoms with Crippen molar-refractivity contribution in [1.82, 2.24) is 25.1 Å². The third-order valence-electron chi connectivity index (χ3n) is 3.24. The van der Waals surface area contributed by atoms with Crippen molar-refractivity contribution in [2.45, 2.75) is 13.5 Å². The third-order valence-corrected chi connectivity index (χ3v) is 4.27. The molecule has 96 valence electrons. The van der Waals surface area contributed by atoms with Crippen LogP contribution in [0.15, 0.2) is 4.47 Å². The Kier molecular flexibility index (Phi) is 4.19. The molecule has 1 aliphatic heterocycles. The summed E-state index contributed by atoms with van der Waals surface area (Å²) in [5, 5.41) is 6.68. The van der Waals surface area contributed by atoms with Gasteiger partial charge >= 0.3 is 0 Å². The molecule has 0 unspecified atom stereocenters. The minimum atomic E-state index is 0.821. The monoisotopic (exact) mass is 301 g/mol. The predicted molar refractivity (Wildman–Crippen MR) is 71.6 cm³/mol. The van der Waals surface area contributed by atoms with Gasteiger partial charge < -0.3 is 4.90 Å². The first-order valence-corrected chi connectivity index (χ1v) is 6.72. The molecule has 1 aromatic rings. The second kappa shape index (κ2) is 5.48. The smallest absolute Gasteiger partial charge is 0.0739 e. The van der Waals surface area contributed by atoms with Crippen LogP contribution in [-0.4, -0.2) is 52.9 Å². The summed E-state index contributed by atoms with van der Waals surface area (Å²) >= 11 is 3.59. The molecule has 0 saturated carbocycles. The second-order valence-electron chi connectivity index (χ2n) is 4.59. The molecule has 1 fully saturated rings. The number of aromatic nitrogens is 2. The maximum Gasteiger partial charge on any atom is 0.0739 e. The molecule has 0 amide bonds. The summed E-state index contributed by atoms with van der Waals surface area (Å²) in [6, 6.07) is 0. The molecule has 0 radical (unpaired) electrons. The Morgan fingerprint density at radius 2 is 1.88 bits per heavy atom. The summed E-state index contributed by atoms with van der Waals surface area (Å²) in [4.78, 5) is 2.35. The standard InChI is InChI=1S/C11H20BrN5/c1-9-11(12)10(16(3)14-9)8-13-17-6-4-15(2)5-7-17/h13H,4-8H2,1-3H3. The van der Waals surface area contributed by atoms with Gasteiger partial charge in [0.1, 0.15) is 0 Å². The van der Waals surface area contributed by atoms with Crippen LogP contribution in [0, 0.1) is 6.92 Å². The van der Waals surface area contributed by atoms with Crippen molar-refractivity contribution in [1.29, 1.82) is 0 Å². The first-order valence-electron chi connectivity index (χ1n) is 5.93. The number of likely N-dealkylation sites (N-methyl/N-ethyl adjacent to an activating group) is 1. The molecule has 1 saturated heterocycles. The summed E-state index contributed by atoms with van der Waals surface area (Å²) < 4.78 is 3.05. The zero-order valence-electron chi connectivity index (χ0n) is 10.7. The number of rotatable bonds is 3. The van der Waals surface area contributed by atoms with Gasteiger partial charge in [0.05, 0.1) is 22.4 Å². The van der Waals surface area contributed by atoms with E-state index in [9.17, 15) is 0 Å². The van der Waals surface area contributed by atoms with E-state index in [4.69, 9.17) is 0 Å². The van der Waals surface area contributed by atoms with Gasteiger partial charge in [-0.2, -0.15) is 5.10 Å². The van der Waals surface area contributed by atoms with Crippen molar-refractivity contribution >= 4 is 15.9 Å². The van der Waals surface area contributed by atoms with E-state index in [1.54, 1.807) is 0 Å². The van der Waals surface area contributed by atoms with Crippen LogP contribution < -0.4 is 5.43 Å². The lowest BCUT2D eigenvalue weighted by Gasteiger charge is -2.32. The van der Waals surface area contributed by atoms with Gasteiger partial charge in [-0.25, -0.2) is 10.4 Å². The molecule has 0 spiro atoms. The van der Waals surface area contributed by atoms with Gasteiger partial charge in [-0.15, -0.1) is 0 Å². The minimum absolute atomic E-state index is 0.821. The highest BCUT2D eigenvalue weighted by molar-refractivity contribution is 9.10. The first kappa shape index (κ1) is 13.0. The van der Waals surface area contributed by atoms with Gasteiger partial charge in [0.2, 0.25) is 0 Å². The van der Waals surface area contributed by atoms with Crippen molar-refractivity contribution in [3.63, 3.8) is 0 Å². The number of hydrazine groups is 1. The molecule has 0 bridgehead atoms. The molecule has 1 aliphatic rings. The van der Waals surface area contributed by atoms with E-state index in [-0.39, 0.29) is 0 Å². The molecule has 2 rings (SSSR count). The SMILES string of the molecule is Cc1nn(C)c(CNN2CCN(C)CC2)c1Br. The van der Waals surface area contributed by atoms with Crippen LogP contribution in [0.5, 0.6) is 0 Å². The molecule has 17 heavy (non-hydrogen) atoms. The number of aryl methyl sites for hydroxylation is 2. The molecule has 1 aromatic heterocycles. The van der Waals surface area contributed by atoms with Crippen LogP contribution in [0.3, 0.4) is 0 Å². The Bertz CT molecular complexity index is 381. The van der Waals surface area contributed by atoms with Crippen LogP contribution in [0.25, 0.3) is 0 Å². The molecule has 0 atom stereocenters. The minimum Gasteiger partial charge on any atom is -0.304 e. The highest BCUT2D eigenvalue weighted by Gasteiger charge is 2.15. The molecule has 0 aromatic carbocycles. The fraction of sp³-hybridized carbons (Fsp3) is 0.727. The number of nitrogens with zero attached hydrogens (tertiary/aromatic N) is 4. The van der Waals surface area contributed by atoms with Gasteiger partial charge in [-0.05, 0) is 29.9 Å². The Labute approximate surface area is 111 Å². The second-order valence-corrected chi connectivity index (χ2v) is 5.39. The third kappa shape index (κ3) is 3.07. The van der Waals surface area contributed by atoms with Crippen LogP contribution in [0.1, 0.15) is 11.4 Å². The lowest BCUT2D eigenvalue weighted by molar-refractivity contribution is 0.101. The summed E-state index contributed by atoms with van der Waals surface area (Å²) in [7, 11) is 4.15. The predicted octanol–water partition coefficient (Wildman–Crippen LogP) is 0.743. The average Bonchev–Trinajstić information content (AvgIpc) is 2.54. The number of piperazine rings is 1. The van der Waals surface area contributed by atoms with Crippen molar-refractivity contribution in [3.8, 4) is 0 Å². The Morgan fingerprint density at radius 1 is 1.24 bits per heavy atom. The number of hydrogen-bond donors (Lipinski definition) is 1. The molecule has 5 nitrogen and oxygen atoms in total. The number of halogens is 1. The summed E-state index contributed by atoms with van der Waals surface area (Å²) in [5.74, 6) is 0. The van der Waals surface area contributed by atoms with Crippen LogP contribution >= 0.6 is 15.9 Å². The Morgan fingerprint density at radius 3 is 2.41 bits per heavy atom. The first-order chi connectivity index (χ1) is 8.08. The van der Waals surface area contributed by atoms with Gasteiger partial charge in [-0.3, -0.25) is 4.68 Å². The summed E-state index contributed by atoms with van der Waals surface area (Å²) in [5.41, 5.74) is 5.71. The van der Waals surface area contributed by atoms with E-state index in [2.05, 4.69) is 43.4 Å². The van der Waals surface area contributed by atoms with Gasteiger partial charge in [0, 0.05) is 33.2 Å². The quantitative estimate of drug-likeness (QED) is 0.894. The Balaban J connectivity index is 1.89.